The smallest absolute Gasteiger partial charge is 0.249 e. The number of rotatable bonds is 33. The van der Waals surface area contributed by atoms with Crippen LogP contribution in [0.1, 0.15) is 174 Å². The van der Waals surface area contributed by atoms with Gasteiger partial charge in [0, 0.05) is 0 Å². The first-order valence-corrected chi connectivity index (χ1v) is 18.9. The van der Waals surface area contributed by atoms with Gasteiger partial charge in [0.25, 0.3) is 0 Å². The van der Waals surface area contributed by atoms with E-state index in [1.807, 2.05) is 0 Å². The van der Waals surface area contributed by atoms with E-state index in [1.165, 1.54) is 83.5 Å². The predicted molar refractivity (Wildman–Crippen MR) is 191 cm³/mol. The summed E-state index contributed by atoms with van der Waals surface area (Å²) in [5.41, 5.74) is 0. The van der Waals surface area contributed by atoms with Crippen LogP contribution in [0.2, 0.25) is 0 Å². The minimum atomic E-state index is -1.29. The van der Waals surface area contributed by atoms with Crippen molar-refractivity contribution in [1.82, 2.24) is 5.32 Å². The lowest BCUT2D eigenvalue weighted by atomic mass is 10.00. The van der Waals surface area contributed by atoms with Crippen LogP contribution in [-0.2, 0) is 4.79 Å². The lowest BCUT2D eigenvalue weighted by Crippen LogP contribution is -2.53. The number of carbonyl (C=O) groups excluding carboxylic acids is 1. The van der Waals surface area contributed by atoms with Gasteiger partial charge in [0.05, 0.1) is 18.8 Å². The molecule has 264 valence electrons. The first kappa shape index (κ1) is 43.5. The highest BCUT2D eigenvalue weighted by Gasteiger charge is 2.28. The zero-order valence-electron chi connectivity index (χ0n) is 29.4. The number of hydrogen-bond acceptors (Lipinski definition) is 5. The molecule has 5 N–H and O–H groups in total. The molecule has 0 aliphatic rings. The Bertz CT molecular complexity index is 722. The van der Waals surface area contributed by atoms with Crippen LogP contribution in [0.15, 0.2) is 36.5 Å². The van der Waals surface area contributed by atoms with Crippen molar-refractivity contribution in [2.75, 3.05) is 6.61 Å². The molecule has 0 aromatic heterocycles. The molecular weight excluding hydrogens is 562 g/mol. The van der Waals surface area contributed by atoms with Crippen molar-refractivity contribution in [1.29, 1.82) is 0 Å². The number of nitrogens with one attached hydrogen (secondary N) is 1. The fraction of sp³-hybridized carbons (Fsp3) is 0.821. The number of aliphatic hydroxyl groups excluding tert-OH is 4. The van der Waals surface area contributed by atoms with E-state index in [9.17, 15) is 25.2 Å². The van der Waals surface area contributed by atoms with E-state index in [0.29, 0.717) is 19.3 Å². The summed E-state index contributed by atoms with van der Waals surface area (Å²) in [5, 5.41) is 43.4. The molecule has 6 nitrogen and oxygen atoms in total. The minimum Gasteiger partial charge on any atom is -0.394 e. The Kier molecular flexibility index (Phi) is 32.8. The average Bonchev–Trinajstić information content (AvgIpc) is 3.04. The van der Waals surface area contributed by atoms with E-state index < -0.39 is 36.9 Å². The number of hydrogen-bond donors (Lipinski definition) is 5. The Morgan fingerprint density at radius 3 is 1.40 bits per heavy atom. The lowest BCUT2D eigenvalue weighted by Gasteiger charge is -2.27. The third-order valence-corrected chi connectivity index (χ3v) is 8.54. The maximum Gasteiger partial charge on any atom is 0.249 e. The fourth-order valence-electron chi connectivity index (χ4n) is 5.50. The number of unbranched alkanes of at least 4 members (excludes halogenated alkanes) is 18. The minimum absolute atomic E-state index is 0.361. The van der Waals surface area contributed by atoms with Gasteiger partial charge in [0.15, 0.2) is 0 Å². The summed E-state index contributed by atoms with van der Waals surface area (Å²) in [4.78, 5) is 12.4. The van der Waals surface area contributed by atoms with Gasteiger partial charge in [-0.2, -0.15) is 0 Å². The van der Waals surface area contributed by atoms with Gasteiger partial charge in [-0.25, -0.2) is 0 Å². The molecule has 0 saturated heterocycles. The van der Waals surface area contributed by atoms with E-state index in [4.69, 9.17) is 0 Å². The molecule has 0 heterocycles. The zero-order chi connectivity index (χ0) is 33.2. The SMILES string of the molecule is CCC/C=C/CC/C=C/CC/C=C/CCCC(O)C(O)C(CO)NC(=O)C(O)CCCCCCCCCCCCCCCCC. The van der Waals surface area contributed by atoms with Crippen LogP contribution in [0, 0.1) is 0 Å². The van der Waals surface area contributed by atoms with Crippen molar-refractivity contribution in [2.24, 2.45) is 0 Å². The van der Waals surface area contributed by atoms with Gasteiger partial charge in [0.2, 0.25) is 5.91 Å². The molecular formula is C39H73NO5. The second-order valence-electron chi connectivity index (χ2n) is 12.9. The zero-order valence-corrected chi connectivity index (χ0v) is 29.4. The molecule has 0 aromatic rings. The highest BCUT2D eigenvalue weighted by molar-refractivity contribution is 5.80. The second-order valence-corrected chi connectivity index (χ2v) is 12.9. The number of aliphatic hydroxyl groups is 4. The summed E-state index contributed by atoms with van der Waals surface area (Å²) in [6, 6.07) is -1.01. The van der Waals surface area contributed by atoms with Gasteiger partial charge < -0.3 is 25.7 Å². The van der Waals surface area contributed by atoms with Crippen molar-refractivity contribution in [3.05, 3.63) is 36.5 Å². The lowest BCUT2D eigenvalue weighted by molar-refractivity contribution is -0.132. The largest absolute Gasteiger partial charge is 0.394 e. The van der Waals surface area contributed by atoms with Gasteiger partial charge in [-0.15, -0.1) is 0 Å². The highest BCUT2D eigenvalue weighted by Crippen LogP contribution is 2.15. The van der Waals surface area contributed by atoms with Crippen LogP contribution in [0.5, 0.6) is 0 Å². The molecule has 0 aliphatic heterocycles. The quantitative estimate of drug-likeness (QED) is 0.0365. The maximum atomic E-state index is 12.4. The summed E-state index contributed by atoms with van der Waals surface area (Å²) in [6.45, 7) is 3.95. The number of amides is 1. The molecule has 6 heteroatoms. The van der Waals surface area contributed by atoms with Crippen molar-refractivity contribution in [3.8, 4) is 0 Å². The van der Waals surface area contributed by atoms with Gasteiger partial charge >= 0.3 is 0 Å². The van der Waals surface area contributed by atoms with Crippen LogP contribution in [0.3, 0.4) is 0 Å². The van der Waals surface area contributed by atoms with Crippen LogP contribution in [0.25, 0.3) is 0 Å². The van der Waals surface area contributed by atoms with Gasteiger partial charge in [0.1, 0.15) is 12.2 Å². The van der Waals surface area contributed by atoms with Crippen molar-refractivity contribution in [2.45, 2.75) is 199 Å². The summed E-state index contributed by atoms with van der Waals surface area (Å²) in [5.74, 6) is -0.601. The Morgan fingerprint density at radius 2 is 0.956 bits per heavy atom. The standard InChI is InChI=1S/C39H73NO5/c1-3-5-7-9-11-13-15-17-19-21-23-25-27-29-31-33-37(43)39(45)40-35(34-41)38(44)36(42)32-30-28-26-24-22-20-18-16-14-12-10-8-6-4-2/h8,10,16,18,24,26,35-38,41-44H,3-7,9,11-15,17,19-23,25,27-34H2,1-2H3,(H,40,45)/b10-8+,18-16+,26-24+. The van der Waals surface area contributed by atoms with Gasteiger partial charge in [-0.3, -0.25) is 4.79 Å². The molecule has 0 aromatic carbocycles. The molecule has 0 saturated carbocycles. The predicted octanol–water partition coefficient (Wildman–Crippen LogP) is 9.01. The first-order chi connectivity index (χ1) is 22.0. The molecule has 0 spiro atoms. The Hall–Kier alpha value is -1.47. The monoisotopic (exact) mass is 636 g/mol. The van der Waals surface area contributed by atoms with E-state index in [0.717, 1.165) is 57.8 Å². The van der Waals surface area contributed by atoms with E-state index in [1.54, 1.807) is 0 Å². The molecule has 1 amide bonds. The molecule has 45 heavy (non-hydrogen) atoms. The van der Waals surface area contributed by atoms with Crippen molar-refractivity contribution < 1.29 is 25.2 Å². The van der Waals surface area contributed by atoms with Crippen LogP contribution >= 0.6 is 0 Å². The molecule has 4 atom stereocenters. The molecule has 0 aliphatic carbocycles. The second kappa shape index (κ2) is 33.9. The summed E-state index contributed by atoms with van der Waals surface area (Å²) >= 11 is 0. The maximum absolute atomic E-state index is 12.4. The Labute approximate surface area is 277 Å². The summed E-state index contributed by atoms with van der Waals surface area (Å²) < 4.78 is 0. The molecule has 4 unspecified atom stereocenters. The number of carbonyl (C=O) groups is 1. The average molecular weight is 636 g/mol. The normalized spacial score (nSPS) is 14.9. The molecule has 0 fully saturated rings. The topological polar surface area (TPSA) is 110 Å². The van der Waals surface area contributed by atoms with E-state index >= 15 is 0 Å². The molecule has 0 radical (unpaired) electrons. The molecule has 0 rings (SSSR count). The highest BCUT2D eigenvalue weighted by atomic mass is 16.3. The van der Waals surface area contributed by atoms with Crippen LogP contribution in [-0.4, -0.2) is 57.3 Å². The van der Waals surface area contributed by atoms with Crippen molar-refractivity contribution >= 4 is 5.91 Å². The summed E-state index contributed by atoms with van der Waals surface area (Å²) in [6.07, 6.45) is 37.3. The first-order valence-electron chi connectivity index (χ1n) is 18.9. The van der Waals surface area contributed by atoms with E-state index in [-0.39, 0.29) is 0 Å². The summed E-state index contributed by atoms with van der Waals surface area (Å²) in [7, 11) is 0. The van der Waals surface area contributed by atoms with Gasteiger partial charge in [-0.1, -0.05) is 153 Å². The Morgan fingerprint density at radius 1 is 0.533 bits per heavy atom. The molecule has 0 bridgehead atoms. The fourth-order valence-corrected chi connectivity index (χ4v) is 5.50. The van der Waals surface area contributed by atoms with Gasteiger partial charge in [-0.05, 0) is 57.8 Å². The Balaban J connectivity index is 3.88. The van der Waals surface area contributed by atoms with Crippen LogP contribution < -0.4 is 5.32 Å². The van der Waals surface area contributed by atoms with E-state index in [2.05, 4.69) is 55.6 Å². The number of allylic oxidation sites excluding steroid dienone is 6. The third-order valence-electron chi connectivity index (χ3n) is 8.54. The third kappa shape index (κ3) is 28.5. The van der Waals surface area contributed by atoms with Crippen LogP contribution in [0.4, 0.5) is 0 Å². The van der Waals surface area contributed by atoms with Crippen molar-refractivity contribution in [3.63, 3.8) is 0 Å².